The predicted octanol–water partition coefficient (Wildman–Crippen LogP) is 1.41. The van der Waals surface area contributed by atoms with E-state index in [4.69, 9.17) is 0 Å². The number of likely N-dealkylation sites (tertiary alicyclic amines) is 1. The first-order chi connectivity index (χ1) is 7.99. The van der Waals surface area contributed by atoms with Crippen molar-refractivity contribution in [3.8, 4) is 0 Å². The number of rotatable bonds is 4. The van der Waals surface area contributed by atoms with Crippen LogP contribution in [-0.4, -0.2) is 36.3 Å². The van der Waals surface area contributed by atoms with E-state index in [-0.39, 0.29) is 18.2 Å². The van der Waals surface area contributed by atoms with Gasteiger partial charge in [0.25, 0.3) is 0 Å². The summed E-state index contributed by atoms with van der Waals surface area (Å²) >= 11 is 0. The van der Waals surface area contributed by atoms with Gasteiger partial charge in [-0.2, -0.15) is 0 Å². The fourth-order valence-corrected chi connectivity index (χ4v) is 1.89. The van der Waals surface area contributed by atoms with E-state index in [1.165, 1.54) is 0 Å². The highest BCUT2D eigenvalue weighted by Gasteiger charge is 2.21. The first-order valence-electron chi connectivity index (χ1n) is 6.53. The maximum atomic E-state index is 11.8. The zero-order chi connectivity index (χ0) is 12.8. The molecule has 1 saturated heterocycles. The van der Waals surface area contributed by atoms with Crippen molar-refractivity contribution < 1.29 is 9.59 Å². The van der Waals surface area contributed by atoms with E-state index < -0.39 is 0 Å². The van der Waals surface area contributed by atoms with E-state index in [1.807, 2.05) is 18.7 Å². The van der Waals surface area contributed by atoms with Crippen molar-refractivity contribution in [2.24, 2.45) is 11.8 Å². The van der Waals surface area contributed by atoms with Crippen molar-refractivity contribution in [1.29, 1.82) is 0 Å². The van der Waals surface area contributed by atoms with Gasteiger partial charge in [-0.15, -0.1) is 0 Å². The van der Waals surface area contributed by atoms with Gasteiger partial charge in [0.1, 0.15) is 6.42 Å². The number of nitrogens with one attached hydrogen (secondary N) is 1. The second-order valence-electron chi connectivity index (χ2n) is 5.44. The van der Waals surface area contributed by atoms with Crippen molar-refractivity contribution in [2.75, 3.05) is 19.6 Å². The topological polar surface area (TPSA) is 49.4 Å². The average molecular weight is 240 g/mol. The maximum absolute atomic E-state index is 11.8. The fourth-order valence-electron chi connectivity index (χ4n) is 1.89. The van der Waals surface area contributed by atoms with Gasteiger partial charge in [0.05, 0.1) is 0 Å². The molecular formula is C13H24N2O2. The number of hydrogen-bond acceptors (Lipinski definition) is 2. The van der Waals surface area contributed by atoms with E-state index in [2.05, 4.69) is 12.2 Å². The summed E-state index contributed by atoms with van der Waals surface area (Å²) in [6.07, 6.45) is 2.11. The Labute approximate surface area is 104 Å². The second-order valence-corrected chi connectivity index (χ2v) is 5.44. The molecule has 4 nitrogen and oxygen atoms in total. The number of nitrogens with zero attached hydrogens (tertiary/aromatic N) is 1. The van der Waals surface area contributed by atoms with Gasteiger partial charge < -0.3 is 10.2 Å². The third kappa shape index (κ3) is 5.20. The Bertz CT molecular complexity index is 269. The van der Waals surface area contributed by atoms with Crippen LogP contribution in [0, 0.1) is 11.8 Å². The van der Waals surface area contributed by atoms with E-state index in [9.17, 15) is 9.59 Å². The monoisotopic (exact) mass is 240 g/mol. The molecule has 17 heavy (non-hydrogen) atoms. The van der Waals surface area contributed by atoms with Gasteiger partial charge in [-0.25, -0.2) is 0 Å². The molecule has 98 valence electrons. The number of carbonyl (C=O) groups excluding carboxylic acids is 2. The summed E-state index contributed by atoms with van der Waals surface area (Å²) < 4.78 is 0. The summed E-state index contributed by atoms with van der Waals surface area (Å²) in [7, 11) is 0. The van der Waals surface area contributed by atoms with Crippen LogP contribution in [0.5, 0.6) is 0 Å². The van der Waals surface area contributed by atoms with E-state index in [0.717, 1.165) is 25.9 Å². The second kappa shape index (κ2) is 6.62. The Hall–Kier alpha value is -1.06. The first kappa shape index (κ1) is 14.0. The molecule has 1 aliphatic heterocycles. The molecule has 0 aliphatic carbocycles. The molecule has 1 fully saturated rings. The van der Waals surface area contributed by atoms with E-state index in [1.54, 1.807) is 0 Å². The molecule has 1 aliphatic rings. The van der Waals surface area contributed by atoms with E-state index in [0.29, 0.717) is 18.4 Å². The molecule has 1 rings (SSSR count). The summed E-state index contributed by atoms with van der Waals surface area (Å²) in [6, 6.07) is 0. The van der Waals surface area contributed by atoms with Crippen LogP contribution in [0.2, 0.25) is 0 Å². The molecule has 0 bridgehead atoms. The van der Waals surface area contributed by atoms with Gasteiger partial charge in [0.2, 0.25) is 11.8 Å². The van der Waals surface area contributed by atoms with Gasteiger partial charge in [-0.1, -0.05) is 20.8 Å². The Morgan fingerprint density at radius 3 is 2.41 bits per heavy atom. The standard InChI is InChI=1S/C13H24N2O2/c1-10(2)9-14-12(16)8-13(17)15-6-4-11(3)5-7-15/h10-11H,4-9H2,1-3H3,(H,14,16). The van der Waals surface area contributed by atoms with Crippen LogP contribution < -0.4 is 5.32 Å². The van der Waals surface area contributed by atoms with Gasteiger partial charge >= 0.3 is 0 Å². The molecular weight excluding hydrogens is 216 g/mol. The summed E-state index contributed by atoms with van der Waals surface area (Å²) in [5, 5.41) is 2.77. The first-order valence-corrected chi connectivity index (χ1v) is 6.53. The summed E-state index contributed by atoms with van der Waals surface area (Å²) in [5.41, 5.74) is 0. The third-order valence-electron chi connectivity index (χ3n) is 3.16. The van der Waals surface area contributed by atoms with Crippen LogP contribution in [0.25, 0.3) is 0 Å². The molecule has 0 radical (unpaired) electrons. The lowest BCUT2D eigenvalue weighted by atomic mass is 9.99. The Kier molecular flexibility index (Phi) is 5.45. The highest BCUT2D eigenvalue weighted by atomic mass is 16.2. The number of amides is 2. The lowest BCUT2D eigenvalue weighted by Crippen LogP contribution is -2.40. The molecule has 0 saturated carbocycles. The van der Waals surface area contributed by atoms with Crippen LogP contribution in [0.4, 0.5) is 0 Å². The minimum Gasteiger partial charge on any atom is -0.355 e. The Morgan fingerprint density at radius 2 is 1.88 bits per heavy atom. The van der Waals surface area contributed by atoms with Crippen LogP contribution in [0.1, 0.15) is 40.0 Å². The number of piperidine rings is 1. The molecule has 2 amide bonds. The SMILES string of the molecule is CC(C)CNC(=O)CC(=O)N1CCC(C)CC1. The summed E-state index contributed by atoms with van der Waals surface area (Å²) in [5.74, 6) is 0.944. The average Bonchev–Trinajstić information content (AvgIpc) is 2.27. The highest BCUT2D eigenvalue weighted by Crippen LogP contribution is 2.16. The molecule has 0 spiro atoms. The van der Waals surface area contributed by atoms with Gasteiger partial charge in [0, 0.05) is 19.6 Å². The quantitative estimate of drug-likeness (QED) is 0.755. The fraction of sp³-hybridized carbons (Fsp3) is 0.846. The van der Waals surface area contributed by atoms with Crippen LogP contribution >= 0.6 is 0 Å². The summed E-state index contributed by atoms with van der Waals surface area (Å²) in [6.45, 7) is 8.53. The molecule has 0 aromatic heterocycles. The molecule has 1 N–H and O–H groups in total. The predicted molar refractivity (Wildman–Crippen MR) is 67.4 cm³/mol. The molecule has 0 unspecified atom stereocenters. The van der Waals surface area contributed by atoms with Crippen LogP contribution in [0.3, 0.4) is 0 Å². The van der Waals surface area contributed by atoms with Crippen LogP contribution in [0.15, 0.2) is 0 Å². The highest BCUT2D eigenvalue weighted by molar-refractivity contribution is 5.96. The lowest BCUT2D eigenvalue weighted by Gasteiger charge is -2.30. The minimum atomic E-state index is -0.151. The van der Waals surface area contributed by atoms with Gasteiger partial charge in [0.15, 0.2) is 0 Å². The van der Waals surface area contributed by atoms with E-state index >= 15 is 0 Å². The molecule has 4 heteroatoms. The Morgan fingerprint density at radius 1 is 1.29 bits per heavy atom. The van der Waals surface area contributed by atoms with Crippen molar-refractivity contribution in [2.45, 2.75) is 40.0 Å². The molecule has 1 heterocycles. The molecule has 0 aromatic rings. The summed E-state index contributed by atoms with van der Waals surface area (Å²) in [4.78, 5) is 25.1. The number of hydrogen-bond donors (Lipinski definition) is 1. The number of carbonyl (C=O) groups is 2. The van der Waals surface area contributed by atoms with Crippen molar-refractivity contribution in [3.05, 3.63) is 0 Å². The zero-order valence-electron chi connectivity index (χ0n) is 11.2. The third-order valence-corrected chi connectivity index (χ3v) is 3.16. The van der Waals surface area contributed by atoms with Crippen molar-refractivity contribution in [3.63, 3.8) is 0 Å². The maximum Gasteiger partial charge on any atom is 0.232 e. The van der Waals surface area contributed by atoms with Crippen molar-refractivity contribution >= 4 is 11.8 Å². The van der Waals surface area contributed by atoms with Gasteiger partial charge in [-0.05, 0) is 24.7 Å². The largest absolute Gasteiger partial charge is 0.355 e. The molecule has 0 atom stereocenters. The smallest absolute Gasteiger partial charge is 0.232 e. The van der Waals surface area contributed by atoms with Gasteiger partial charge in [-0.3, -0.25) is 9.59 Å². The normalized spacial score (nSPS) is 17.3. The van der Waals surface area contributed by atoms with Crippen LogP contribution in [-0.2, 0) is 9.59 Å². The Balaban J connectivity index is 2.26. The minimum absolute atomic E-state index is 0.00109. The zero-order valence-corrected chi connectivity index (χ0v) is 11.2. The molecule has 0 aromatic carbocycles. The lowest BCUT2D eigenvalue weighted by molar-refractivity contribution is -0.137. The van der Waals surface area contributed by atoms with Crippen molar-refractivity contribution in [1.82, 2.24) is 10.2 Å².